The second-order valence-corrected chi connectivity index (χ2v) is 4.13. The quantitative estimate of drug-likeness (QED) is 0.768. The van der Waals surface area contributed by atoms with Gasteiger partial charge in [-0.1, -0.05) is 0 Å². The molecule has 14 heavy (non-hydrogen) atoms. The van der Waals surface area contributed by atoms with Crippen LogP contribution >= 0.6 is 11.3 Å². The summed E-state index contributed by atoms with van der Waals surface area (Å²) in [6, 6.07) is 4.09. The molecule has 1 N–H and O–H groups in total. The molecule has 1 aromatic heterocycles. The Morgan fingerprint density at radius 1 is 1.36 bits per heavy atom. The monoisotopic (exact) mass is 212 g/mol. The Morgan fingerprint density at radius 3 is 2.57 bits per heavy atom. The van der Waals surface area contributed by atoms with Gasteiger partial charge in [0.15, 0.2) is 0 Å². The highest BCUT2D eigenvalue weighted by Crippen LogP contribution is 2.22. The Bertz CT molecular complexity index is 305. The Kier molecular flexibility index (Phi) is 2.58. The van der Waals surface area contributed by atoms with Crippen molar-refractivity contribution in [2.75, 3.05) is 31.1 Å². The molecule has 0 bridgehead atoms. The van der Waals surface area contributed by atoms with Gasteiger partial charge in [0.25, 0.3) is 0 Å². The van der Waals surface area contributed by atoms with Crippen molar-refractivity contribution in [3.8, 4) is 0 Å². The van der Waals surface area contributed by atoms with Crippen LogP contribution in [0, 0.1) is 0 Å². The summed E-state index contributed by atoms with van der Waals surface area (Å²) >= 11 is 1.70. The van der Waals surface area contributed by atoms with E-state index in [1.807, 2.05) is 11.4 Å². The van der Waals surface area contributed by atoms with E-state index >= 15 is 0 Å². The van der Waals surface area contributed by atoms with Crippen molar-refractivity contribution in [3.05, 3.63) is 17.5 Å². The van der Waals surface area contributed by atoms with Gasteiger partial charge in [-0.3, -0.25) is 0 Å². The Hall–Kier alpha value is -1.23. The molecule has 76 valence electrons. The molecule has 2 rings (SSSR count). The summed E-state index contributed by atoms with van der Waals surface area (Å²) in [5, 5.41) is 12.0. The van der Waals surface area contributed by atoms with Crippen molar-refractivity contribution in [2.45, 2.75) is 0 Å². The van der Waals surface area contributed by atoms with Crippen LogP contribution in [-0.4, -0.2) is 42.3 Å². The lowest BCUT2D eigenvalue weighted by Gasteiger charge is -2.33. The zero-order chi connectivity index (χ0) is 9.97. The summed E-state index contributed by atoms with van der Waals surface area (Å²) in [7, 11) is 0. The van der Waals surface area contributed by atoms with Crippen molar-refractivity contribution in [3.63, 3.8) is 0 Å². The number of hydrogen-bond donors (Lipinski definition) is 1. The van der Waals surface area contributed by atoms with Crippen molar-refractivity contribution in [2.24, 2.45) is 0 Å². The molecule has 1 aliphatic rings. The molecule has 5 heteroatoms. The molecule has 2 heterocycles. The molecule has 1 aliphatic heterocycles. The van der Waals surface area contributed by atoms with E-state index < -0.39 is 6.09 Å². The highest BCUT2D eigenvalue weighted by Gasteiger charge is 2.20. The van der Waals surface area contributed by atoms with E-state index in [9.17, 15) is 4.79 Å². The topological polar surface area (TPSA) is 43.8 Å². The fourth-order valence-corrected chi connectivity index (χ4v) is 2.35. The number of hydrogen-bond acceptors (Lipinski definition) is 3. The number of piperazine rings is 1. The predicted octanol–water partition coefficient (Wildman–Crippen LogP) is 1.55. The summed E-state index contributed by atoms with van der Waals surface area (Å²) < 4.78 is 0. The molecular weight excluding hydrogens is 200 g/mol. The summed E-state index contributed by atoms with van der Waals surface area (Å²) in [5.41, 5.74) is 0. The fourth-order valence-electron chi connectivity index (χ4n) is 1.57. The minimum Gasteiger partial charge on any atom is -0.465 e. The molecule has 0 aliphatic carbocycles. The molecule has 0 atom stereocenters. The van der Waals surface area contributed by atoms with E-state index in [1.165, 1.54) is 9.90 Å². The lowest BCUT2D eigenvalue weighted by atomic mass is 10.3. The van der Waals surface area contributed by atoms with Gasteiger partial charge in [-0.05, 0) is 17.5 Å². The maximum Gasteiger partial charge on any atom is 0.407 e. The van der Waals surface area contributed by atoms with Gasteiger partial charge in [-0.25, -0.2) is 4.79 Å². The van der Waals surface area contributed by atoms with E-state index in [4.69, 9.17) is 5.11 Å². The Morgan fingerprint density at radius 2 is 2.07 bits per heavy atom. The van der Waals surface area contributed by atoms with Gasteiger partial charge in [0.1, 0.15) is 0 Å². The summed E-state index contributed by atoms with van der Waals surface area (Å²) in [6.45, 7) is 2.81. The van der Waals surface area contributed by atoms with Crippen LogP contribution in [0.2, 0.25) is 0 Å². The normalized spacial score (nSPS) is 17.1. The first-order valence-electron chi connectivity index (χ1n) is 4.54. The molecular formula is C9H12N2O2S. The average Bonchev–Trinajstić information content (AvgIpc) is 2.71. The fraction of sp³-hybridized carbons (Fsp3) is 0.444. The SMILES string of the molecule is O=C(O)N1CCN(c2cccs2)CC1. The molecule has 0 saturated carbocycles. The van der Waals surface area contributed by atoms with Crippen molar-refractivity contribution in [1.82, 2.24) is 4.90 Å². The molecule has 1 amide bonds. The Labute approximate surface area is 86.4 Å². The lowest BCUT2D eigenvalue weighted by Crippen LogP contribution is -2.48. The first-order chi connectivity index (χ1) is 6.77. The van der Waals surface area contributed by atoms with Crippen LogP contribution in [-0.2, 0) is 0 Å². The number of amides is 1. The van der Waals surface area contributed by atoms with Crippen LogP contribution in [0.1, 0.15) is 0 Å². The number of carboxylic acid groups (broad SMARTS) is 1. The summed E-state index contributed by atoms with van der Waals surface area (Å²) in [6.07, 6.45) is -0.809. The minimum atomic E-state index is -0.809. The van der Waals surface area contributed by atoms with Crippen LogP contribution in [0.4, 0.5) is 9.80 Å². The zero-order valence-corrected chi connectivity index (χ0v) is 8.54. The third-order valence-electron chi connectivity index (χ3n) is 2.37. The molecule has 1 saturated heterocycles. The first kappa shape index (κ1) is 9.33. The maximum atomic E-state index is 10.7. The molecule has 1 aromatic rings. The van der Waals surface area contributed by atoms with Gasteiger partial charge >= 0.3 is 6.09 Å². The summed E-state index contributed by atoms with van der Waals surface area (Å²) in [5.74, 6) is 0. The lowest BCUT2D eigenvalue weighted by molar-refractivity contribution is 0.142. The van der Waals surface area contributed by atoms with Crippen LogP contribution in [0.5, 0.6) is 0 Å². The standard InChI is InChI=1S/C9H12N2O2S/c12-9(13)11-5-3-10(4-6-11)8-2-1-7-14-8/h1-2,7H,3-6H2,(H,12,13). The van der Waals surface area contributed by atoms with E-state index in [0.717, 1.165) is 13.1 Å². The van der Waals surface area contributed by atoms with Crippen molar-refractivity contribution >= 4 is 22.4 Å². The van der Waals surface area contributed by atoms with E-state index in [0.29, 0.717) is 13.1 Å². The molecule has 0 spiro atoms. The highest BCUT2D eigenvalue weighted by molar-refractivity contribution is 7.14. The Balaban J connectivity index is 1.93. The predicted molar refractivity (Wildman–Crippen MR) is 56.1 cm³/mol. The molecule has 1 fully saturated rings. The van der Waals surface area contributed by atoms with Crippen molar-refractivity contribution in [1.29, 1.82) is 0 Å². The third kappa shape index (κ3) is 1.82. The first-order valence-corrected chi connectivity index (χ1v) is 5.41. The van der Waals surface area contributed by atoms with E-state index in [2.05, 4.69) is 11.0 Å². The molecule has 0 unspecified atom stereocenters. The second kappa shape index (κ2) is 3.88. The molecule has 0 radical (unpaired) electrons. The number of anilines is 1. The summed E-state index contributed by atoms with van der Waals surface area (Å²) in [4.78, 5) is 14.3. The molecule has 4 nitrogen and oxygen atoms in total. The van der Waals surface area contributed by atoms with Gasteiger partial charge in [0, 0.05) is 26.2 Å². The van der Waals surface area contributed by atoms with E-state index in [1.54, 1.807) is 11.3 Å². The second-order valence-electron chi connectivity index (χ2n) is 3.21. The largest absolute Gasteiger partial charge is 0.465 e. The van der Waals surface area contributed by atoms with Crippen LogP contribution < -0.4 is 4.90 Å². The third-order valence-corrected chi connectivity index (χ3v) is 3.30. The maximum absolute atomic E-state index is 10.7. The number of thiophene rings is 1. The molecule has 0 aromatic carbocycles. The van der Waals surface area contributed by atoms with Gasteiger partial charge < -0.3 is 14.9 Å². The highest BCUT2D eigenvalue weighted by atomic mass is 32.1. The van der Waals surface area contributed by atoms with Gasteiger partial charge in [-0.2, -0.15) is 0 Å². The van der Waals surface area contributed by atoms with E-state index in [-0.39, 0.29) is 0 Å². The van der Waals surface area contributed by atoms with Crippen LogP contribution in [0.25, 0.3) is 0 Å². The minimum absolute atomic E-state index is 0.604. The van der Waals surface area contributed by atoms with Gasteiger partial charge in [-0.15, -0.1) is 11.3 Å². The van der Waals surface area contributed by atoms with Gasteiger partial charge in [0.05, 0.1) is 5.00 Å². The number of carbonyl (C=O) groups is 1. The van der Waals surface area contributed by atoms with Crippen molar-refractivity contribution < 1.29 is 9.90 Å². The number of nitrogens with zero attached hydrogens (tertiary/aromatic N) is 2. The smallest absolute Gasteiger partial charge is 0.407 e. The average molecular weight is 212 g/mol. The zero-order valence-electron chi connectivity index (χ0n) is 7.72. The van der Waals surface area contributed by atoms with Crippen LogP contribution in [0.15, 0.2) is 17.5 Å². The number of rotatable bonds is 1. The van der Waals surface area contributed by atoms with Gasteiger partial charge in [0.2, 0.25) is 0 Å². The van der Waals surface area contributed by atoms with Crippen LogP contribution in [0.3, 0.4) is 0 Å².